The molecule has 1 aromatic heterocycles. The molecule has 0 unspecified atom stereocenters. The van der Waals surface area contributed by atoms with Crippen molar-refractivity contribution in [2.24, 2.45) is 5.92 Å². The van der Waals surface area contributed by atoms with Gasteiger partial charge in [-0.25, -0.2) is 4.98 Å². The molecule has 0 atom stereocenters. The minimum absolute atomic E-state index is 0.0892. The molecular weight excluding hydrogens is 204 g/mol. The van der Waals surface area contributed by atoms with E-state index in [0.29, 0.717) is 6.54 Å². The molecule has 5 nitrogen and oxygen atoms in total. The summed E-state index contributed by atoms with van der Waals surface area (Å²) in [5, 5.41) is 6.70. The van der Waals surface area contributed by atoms with Crippen molar-refractivity contribution in [3.63, 3.8) is 0 Å². The van der Waals surface area contributed by atoms with Crippen molar-refractivity contribution in [1.29, 1.82) is 0 Å². The van der Waals surface area contributed by atoms with Crippen LogP contribution in [-0.4, -0.2) is 29.6 Å². The summed E-state index contributed by atoms with van der Waals surface area (Å²) in [6.45, 7) is 3.93. The minimum atomic E-state index is -0.0892. The number of aromatic nitrogens is 2. The van der Waals surface area contributed by atoms with E-state index in [0.717, 1.165) is 31.2 Å². The lowest BCUT2D eigenvalue weighted by molar-refractivity contribution is 0.356. The van der Waals surface area contributed by atoms with E-state index in [-0.39, 0.29) is 5.56 Å². The topological polar surface area (TPSA) is 69.8 Å². The average Bonchev–Trinajstić information content (AvgIpc) is 2.30. The van der Waals surface area contributed by atoms with Crippen LogP contribution in [0.1, 0.15) is 18.5 Å². The average molecular weight is 222 g/mol. The zero-order valence-electron chi connectivity index (χ0n) is 9.33. The van der Waals surface area contributed by atoms with Gasteiger partial charge < -0.3 is 15.6 Å². The van der Waals surface area contributed by atoms with Gasteiger partial charge in [0.15, 0.2) is 0 Å². The molecule has 0 bridgehead atoms. The van der Waals surface area contributed by atoms with Gasteiger partial charge in [-0.05, 0) is 38.4 Å². The van der Waals surface area contributed by atoms with Gasteiger partial charge >= 0.3 is 0 Å². The third-order valence-electron chi connectivity index (χ3n) is 2.93. The predicted octanol–water partition coefficient (Wildman–Crippen LogP) is -0.141. The van der Waals surface area contributed by atoms with Crippen molar-refractivity contribution in [3.8, 4) is 0 Å². The lowest BCUT2D eigenvalue weighted by atomic mass is 9.98. The minimum Gasteiger partial charge on any atom is -0.317 e. The molecule has 1 aromatic rings. The number of piperidine rings is 1. The molecule has 0 saturated carbocycles. The summed E-state index contributed by atoms with van der Waals surface area (Å²) in [7, 11) is 0. The molecule has 1 fully saturated rings. The number of H-pyrrole nitrogens is 1. The first kappa shape index (κ1) is 11.3. The number of rotatable bonds is 4. The Kier molecular flexibility index (Phi) is 4.07. The van der Waals surface area contributed by atoms with Gasteiger partial charge in [0.05, 0.1) is 12.0 Å². The highest BCUT2D eigenvalue weighted by molar-refractivity contribution is 4.97. The fourth-order valence-electron chi connectivity index (χ4n) is 2.00. The molecule has 5 heteroatoms. The summed E-state index contributed by atoms with van der Waals surface area (Å²) in [6, 6.07) is 1.54. The molecule has 0 aromatic carbocycles. The third-order valence-corrected chi connectivity index (χ3v) is 2.93. The normalized spacial score (nSPS) is 17.5. The Morgan fingerprint density at radius 3 is 3.00 bits per heavy atom. The summed E-state index contributed by atoms with van der Waals surface area (Å²) < 4.78 is 0. The van der Waals surface area contributed by atoms with E-state index in [9.17, 15) is 4.79 Å². The summed E-state index contributed by atoms with van der Waals surface area (Å²) in [4.78, 5) is 17.6. The molecule has 16 heavy (non-hydrogen) atoms. The molecule has 0 amide bonds. The second-order valence-electron chi connectivity index (χ2n) is 4.23. The monoisotopic (exact) mass is 222 g/mol. The zero-order valence-corrected chi connectivity index (χ0v) is 9.33. The highest BCUT2D eigenvalue weighted by atomic mass is 16.1. The van der Waals surface area contributed by atoms with Crippen molar-refractivity contribution in [2.75, 3.05) is 19.6 Å². The molecular formula is C11H18N4O. The largest absolute Gasteiger partial charge is 0.317 e. The second kappa shape index (κ2) is 5.77. The van der Waals surface area contributed by atoms with Crippen molar-refractivity contribution in [1.82, 2.24) is 20.6 Å². The van der Waals surface area contributed by atoms with E-state index in [4.69, 9.17) is 0 Å². The summed E-state index contributed by atoms with van der Waals surface area (Å²) >= 11 is 0. The van der Waals surface area contributed by atoms with Gasteiger partial charge in [0.1, 0.15) is 0 Å². The van der Waals surface area contributed by atoms with Gasteiger partial charge in [-0.3, -0.25) is 4.79 Å². The number of nitrogens with zero attached hydrogens (tertiary/aromatic N) is 1. The standard InChI is InChI=1S/C11H18N4O/c16-11-5-10(14-8-15-11)7-13-6-9-1-3-12-4-2-9/h5,8-9,12-13H,1-4,6-7H2,(H,14,15,16). The molecule has 3 N–H and O–H groups in total. The number of hydrogen-bond donors (Lipinski definition) is 3. The third kappa shape index (κ3) is 3.43. The van der Waals surface area contributed by atoms with Gasteiger partial charge in [0, 0.05) is 12.6 Å². The van der Waals surface area contributed by atoms with Crippen LogP contribution >= 0.6 is 0 Å². The van der Waals surface area contributed by atoms with Crippen LogP contribution in [0.3, 0.4) is 0 Å². The van der Waals surface area contributed by atoms with E-state index in [1.54, 1.807) is 0 Å². The quantitative estimate of drug-likeness (QED) is 0.663. The molecule has 2 rings (SSSR count). The van der Waals surface area contributed by atoms with Crippen molar-refractivity contribution < 1.29 is 0 Å². The van der Waals surface area contributed by atoms with Gasteiger partial charge in [0.2, 0.25) is 0 Å². The van der Waals surface area contributed by atoms with Crippen molar-refractivity contribution in [2.45, 2.75) is 19.4 Å². The fraction of sp³-hybridized carbons (Fsp3) is 0.636. The molecule has 1 saturated heterocycles. The smallest absolute Gasteiger partial charge is 0.250 e. The van der Waals surface area contributed by atoms with Crippen molar-refractivity contribution in [3.05, 3.63) is 28.4 Å². The van der Waals surface area contributed by atoms with Gasteiger partial charge in [-0.2, -0.15) is 0 Å². The predicted molar refractivity (Wildman–Crippen MR) is 62.2 cm³/mol. The van der Waals surface area contributed by atoms with E-state index >= 15 is 0 Å². The van der Waals surface area contributed by atoms with Crippen LogP contribution in [0.25, 0.3) is 0 Å². The zero-order chi connectivity index (χ0) is 11.2. The Morgan fingerprint density at radius 1 is 1.44 bits per heavy atom. The Balaban J connectivity index is 1.73. The lowest BCUT2D eigenvalue weighted by Gasteiger charge is -2.22. The van der Waals surface area contributed by atoms with Gasteiger partial charge in [-0.15, -0.1) is 0 Å². The first-order valence-corrected chi connectivity index (χ1v) is 5.79. The maximum atomic E-state index is 11.0. The molecule has 0 radical (unpaired) electrons. The number of aromatic amines is 1. The van der Waals surface area contributed by atoms with Crippen LogP contribution in [-0.2, 0) is 6.54 Å². The van der Waals surface area contributed by atoms with Crippen LogP contribution < -0.4 is 16.2 Å². The maximum absolute atomic E-state index is 11.0. The van der Waals surface area contributed by atoms with E-state index < -0.39 is 0 Å². The lowest BCUT2D eigenvalue weighted by Crippen LogP contribution is -2.33. The molecule has 1 aliphatic heterocycles. The van der Waals surface area contributed by atoms with E-state index in [2.05, 4.69) is 20.6 Å². The Labute approximate surface area is 94.7 Å². The summed E-state index contributed by atoms with van der Waals surface area (Å²) in [6.07, 6.45) is 3.91. The number of nitrogens with one attached hydrogen (secondary N) is 3. The van der Waals surface area contributed by atoms with Gasteiger partial charge in [0.25, 0.3) is 5.56 Å². The molecule has 0 spiro atoms. The Bertz CT molecular complexity index is 370. The van der Waals surface area contributed by atoms with Gasteiger partial charge in [-0.1, -0.05) is 0 Å². The summed E-state index contributed by atoms with van der Waals surface area (Å²) in [5.41, 5.74) is 0.714. The molecule has 1 aliphatic rings. The first-order chi connectivity index (χ1) is 7.84. The Morgan fingerprint density at radius 2 is 2.25 bits per heavy atom. The SMILES string of the molecule is O=c1cc(CNCC2CCNCC2)nc[nH]1. The van der Waals surface area contributed by atoms with Crippen LogP contribution in [0.5, 0.6) is 0 Å². The molecule has 88 valence electrons. The molecule has 2 heterocycles. The highest BCUT2D eigenvalue weighted by Gasteiger charge is 2.11. The van der Waals surface area contributed by atoms with E-state index in [1.807, 2.05) is 0 Å². The van der Waals surface area contributed by atoms with Crippen LogP contribution in [0.2, 0.25) is 0 Å². The summed E-state index contributed by atoms with van der Waals surface area (Å²) in [5.74, 6) is 0.753. The second-order valence-corrected chi connectivity index (χ2v) is 4.23. The molecule has 0 aliphatic carbocycles. The number of hydrogen-bond acceptors (Lipinski definition) is 4. The maximum Gasteiger partial charge on any atom is 0.250 e. The van der Waals surface area contributed by atoms with Crippen LogP contribution in [0, 0.1) is 5.92 Å². The Hall–Kier alpha value is -1.20. The van der Waals surface area contributed by atoms with E-state index in [1.165, 1.54) is 25.2 Å². The van der Waals surface area contributed by atoms with Crippen LogP contribution in [0.4, 0.5) is 0 Å². The first-order valence-electron chi connectivity index (χ1n) is 5.79. The van der Waals surface area contributed by atoms with Crippen LogP contribution in [0.15, 0.2) is 17.2 Å². The fourth-order valence-corrected chi connectivity index (χ4v) is 2.00. The van der Waals surface area contributed by atoms with Crippen molar-refractivity contribution >= 4 is 0 Å². The highest BCUT2D eigenvalue weighted by Crippen LogP contribution is 2.09.